The number of rotatable bonds is 7. The number of hydrogen-bond acceptors (Lipinski definition) is 6. The maximum atomic E-state index is 11.2. The van der Waals surface area contributed by atoms with Crippen molar-refractivity contribution in [1.29, 1.82) is 0 Å². The molecule has 1 atom stereocenters. The lowest BCUT2D eigenvalue weighted by Gasteiger charge is -2.36. The summed E-state index contributed by atoms with van der Waals surface area (Å²) in [5.41, 5.74) is 0.535. The first-order chi connectivity index (χ1) is 11.4. The third kappa shape index (κ3) is 4.36. The van der Waals surface area contributed by atoms with Gasteiger partial charge in [0.05, 0.1) is 18.1 Å². The Morgan fingerprint density at radius 2 is 2.00 bits per heavy atom. The number of piperazine rings is 1. The number of aromatic hydroxyl groups is 1. The van der Waals surface area contributed by atoms with E-state index in [4.69, 9.17) is 4.74 Å². The van der Waals surface area contributed by atoms with Gasteiger partial charge in [0.25, 0.3) is 5.69 Å². The van der Waals surface area contributed by atoms with Crippen molar-refractivity contribution in [2.75, 3.05) is 33.3 Å². The van der Waals surface area contributed by atoms with Crippen LogP contribution in [0.1, 0.15) is 38.3 Å². The van der Waals surface area contributed by atoms with Gasteiger partial charge in [0.2, 0.25) is 0 Å². The van der Waals surface area contributed by atoms with Crippen molar-refractivity contribution in [2.45, 2.75) is 32.7 Å². The topological polar surface area (TPSA) is 87.9 Å². The second kappa shape index (κ2) is 8.30. The molecule has 0 spiro atoms. The largest absolute Gasteiger partial charge is 0.504 e. The van der Waals surface area contributed by atoms with Crippen LogP contribution in [0.2, 0.25) is 0 Å². The average molecular weight is 337 g/mol. The molecule has 1 aromatic carbocycles. The van der Waals surface area contributed by atoms with Gasteiger partial charge in [0.1, 0.15) is 0 Å². The molecule has 0 aromatic heterocycles. The molecule has 7 nitrogen and oxygen atoms in total. The Morgan fingerprint density at radius 1 is 1.33 bits per heavy atom. The first-order valence-electron chi connectivity index (χ1n) is 8.44. The standard InChI is InChI=1S/C17H27N3O4/c1-12(2)4-5-15(19-8-6-18-7-9-19)14-10-13(20(22)23)11-16(24-3)17(14)21/h10-12,15,18,21H,4-9H2,1-3H3/t15-/m1/s1. The number of benzene rings is 1. The Balaban J connectivity index is 2.42. The number of nitro groups is 1. The minimum Gasteiger partial charge on any atom is -0.504 e. The normalized spacial score (nSPS) is 17.0. The Labute approximate surface area is 142 Å². The SMILES string of the molecule is COc1cc([N+](=O)[O-])cc([C@@H](CCC(C)C)N2CCNCC2)c1O. The average Bonchev–Trinajstić information content (AvgIpc) is 2.56. The van der Waals surface area contributed by atoms with E-state index in [1.165, 1.54) is 19.2 Å². The summed E-state index contributed by atoms with van der Waals surface area (Å²) < 4.78 is 5.15. The van der Waals surface area contributed by atoms with E-state index in [0.717, 1.165) is 39.0 Å². The molecule has 1 saturated heterocycles. The number of phenols is 1. The van der Waals surface area contributed by atoms with E-state index in [0.29, 0.717) is 11.5 Å². The lowest BCUT2D eigenvalue weighted by atomic mass is 9.94. The van der Waals surface area contributed by atoms with Crippen LogP contribution in [-0.4, -0.2) is 48.2 Å². The van der Waals surface area contributed by atoms with Gasteiger partial charge < -0.3 is 15.2 Å². The summed E-state index contributed by atoms with van der Waals surface area (Å²) >= 11 is 0. The van der Waals surface area contributed by atoms with Crippen LogP contribution < -0.4 is 10.1 Å². The fourth-order valence-electron chi connectivity index (χ4n) is 3.15. The molecule has 0 amide bonds. The zero-order chi connectivity index (χ0) is 17.7. The lowest BCUT2D eigenvalue weighted by Crippen LogP contribution is -2.45. The number of nitro benzene ring substituents is 1. The van der Waals surface area contributed by atoms with Crippen molar-refractivity contribution in [2.24, 2.45) is 5.92 Å². The number of phenolic OH excluding ortho intramolecular Hbond substituents is 1. The molecule has 2 rings (SSSR count). The van der Waals surface area contributed by atoms with Crippen LogP contribution in [-0.2, 0) is 0 Å². The number of ether oxygens (including phenoxy) is 1. The maximum absolute atomic E-state index is 11.2. The van der Waals surface area contributed by atoms with E-state index >= 15 is 0 Å². The molecule has 0 unspecified atom stereocenters. The van der Waals surface area contributed by atoms with Gasteiger partial charge in [-0.2, -0.15) is 0 Å². The lowest BCUT2D eigenvalue weighted by molar-refractivity contribution is -0.385. The van der Waals surface area contributed by atoms with E-state index in [2.05, 4.69) is 24.1 Å². The summed E-state index contributed by atoms with van der Waals surface area (Å²) in [5, 5.41) is 25.1. The third-order valence-electron chi connectivity index (χ3n) is 4.49. The summed E-state index contributed by atoms with van der Waals surface area (Å²) in [6.45, 7) is 7.78. The van der Waals surface area contributed by atoms with Crippen LogP contribution >= 0.6 is 0 Å². The van der Waals surface area contributed by atoms with Gasteiger partial charge in [-0.1, -0.05) is 13.8 Å². The van der Waals surface area contributed by atoms with Crippen molar-refractivity contribution in [3.63, 3.8) is 0 Å². The van der Waals surface area contributed by atoms with Gasteiger partial charge in [0, 0.05) is 43.9 Å². The first-order valence-corrected chi connectivity index (χ1v) is 8.44. The molecule has 0 aliphatic carbocycles. The molecule has 0 bridgehead atoms. The predicted molar refractivity (Wildman–Crippen MR) is 92.6 cm³/mol. The second-order valence-corrected chi connectivity index (χ2v) is 6.62. The third-order valence-corrected chi connectivity index (χ3v) is 4.49. The van der Waals surface area contributed by atoms with Crippen LogP contribution in [0.25, 0.3) is 0 Å². The molecule has 0 saturated carbocycles. The number of hydrogen-bond donors (Lipinski definition) is 2. The summed E-state index contributed by atoms with van der Waals surface area (Å²) in [6, 6.07) is 2.71. The first kappa shape index (κ1) is 18.5. The molecule has 134 valence electrons. The van der Waals surface area contributed by atoms with Crippen LogP contribution in [0.4, 0.5) is 5.69 Å². The highest BCUT2D eigenvalue weighted by atomic mass is 16.6. The van der Waals surface area contributed by atoms with Gasteiger partial charge in [-0.3, -0.25) is 15.0 Å². The number of nitrogens with zero attached hydrogens (tertiary/aromatic N) is 2. The second-order valence-electron chi connectivity index (χ2n) is 6.62. The highest BCUT2D eigenvalue weighted by molar-refractivity contribution is 5.54. The Hall–Kier alpha value is -1.86. The highest BCUT2D eigenvalue weighted by Crippen LogP contribution is 2.41. The maximum Gasteiger partial charge on any atom is 0.273 e. The van der Waals surface area contributed by atoms with Crippen molar-refractivity contribution in [3.05, 3.63) is 27.8 Å². The van der Waals surface area contributed by atoms with Gasteiger partial charge in [0.15, 0.2) is 11.5 Å². The Kier molecular flexibility index (Phi) is 6.39. The van der Waals surface area contributed by atoms with Crippen LogP contribution in [0.15, 0.2) is 12.1 Å². The van der Waals surface area contributed by atoms with Gasteiger partial charge in [-0.05, 0) is 18.8 Å². The molecule has 7 heteroatoms. The van der Waals surface area contributed by atoms with E-state index < -0.39 is 4.92 Å². The predicted octanol–water partition coefficient (Wildman–Crippen LogP) is 2.69. The van der Waals surface area contributed by atoms with E-state index in [9.17, 15) is 15.2 Å². The molecule has 1 heterocycles. The zero-order valence-electron chi connectivity index (χ0n) is 14.6. The molecule has 1 aliphatic rings. The van der Waals surface area contributed by atoms with Crippen LogP contribution in [0.3, 0.4) is 0 Å². The summed E-state index contributed by atoms with van der Waals surface area (Å²) in [4.78, 5) is 13.1. The molecular weight excluding hydrogens is 310 g/mol. The zero-order valence-corrected chi connectivity index (χ0v) is 14.6. The Morgan fingerprint density at radius 3 is 2.54 bits per heavy atom. The molecular formula is C17H27N3O4. The van der Waals surface area contributed by atoms with Gasteiger partial charge in [-0.25, -0.2) is 0 Å². The minimum atomic E-state index is -0.442. The van der Waals surface area contributed by atoms with E-state index in [1.807, 2.05) is 0 Å². The monoisotopic (exact) mass is 337 g/mol. The van der Waals surface area contributed by atoms with E-state index in [-0.39, 0.29) is 23.2 Å². The van der Waals surface area contributed by atoms with Crippen LogP contribution in [0, 0.1) is 16.0 Å². The van der Waals surface area contributed by atoms with Crippen LogP contribution in [0.5, 0.6) is 11.5 Å². The van der Waals surface area contributed by atoms with Crippen molar-refractivity contribution in [3.8, 4) is 11.5 Å². The summed E-state index contributed by atoms with van der Waals surface area (Å²) in [5.74, 6) is 0.692. The fraction of sp³-hybridized carbons (Fsp3) is 0.647. The van der Waals surface area contributed by atoms with Crippen molar-refractivity contribution < 1.29 is 14.8 Å². The molecule has 1 fully saturated rings. The number of non-ortho nitro benzene ring substituents is 1. The number of nitrogens with one attached hydrogen (secondary N) is 1. The van der Waals surface area contributed by atoms with Gasteiger partial charge in [-0.15, -0.1) is 0 Å². The van der Waals surface area contributed by atoms with Crippen molar-refractivity contribution in [1.82, 2.24) is 10.2 Å². The highest BCUT2D eigenvalue weighted by Gasteiger charge is 2.28. The molecule has 2 N–H and O–H groups in total. The number of methoxy groups -OCH3 is 1. The molecule has 24 heavy (non-hydrogen) atoms. The van der Waals surface area contributed by atoms with Crippen molar-refractivity contribution >= 4 is 5.69 Å². The van der Waals surface area contributed by atoms with Gasteiger partial charge >= 0.3 is 0 Å². The Bertz CT molecular complexity index is 571. The van der Waals surface area contributed by atoms with E-state index in [1.54, 1.807) is 0 Å². The molecule has 1 aromatic rings. The quantitative estimate of drug-likeness (QED) is 0.587. The molecule has 0 radical (unpaired) electrons. The molecule has 1 aliphatic heterocycles. The smallest absolute Gasteiger partial charge is 0.273 e. The fourth-order valence-corrected chi connectivity index (χ4v) is 3.15. The summed E-state index contributed by atoms with van der Waals surface area (Å²) in [7, 11) is 1.41. The summed E-state index contributed by atoms with van der Waals surface area (Å²) in [6.07, 6.45) is 1.83. The minimum absolute atomic E-state index is 0.00962.